The van der Waals surface area contributed by atoms with Gasteiger partial charge in [0.05, 0.1) is 12.2 Å². The second-order valence-corrected chi connectivity index (χ2v) is 3.27. The maximum atomic E-state index is 11.6. The molecule has 0 saturated heterocycles. The van der Waals surface area contributed by atoms with E-state index in [0.717, 1.165) is 0 Å². The molecule has 5 nitrogen and oxygen atoms in total. The van der Waals surface area contributed by atoms with E-state index in [-0.39, 0.29) is 17.5 Å². The molecule has 5 heteroatoms. The molecule has 0 fully saturated rings. The van der Waals surface area contributed by atoms with Gasteiger partial charge in [-0.2, -0.15) is 0 Å². The summed E-state index contributed by atoms with van der Waals surface area (Å²) in [4.78, 5) is 24.8. The molecule has 0 aliphatic heterocycles. The summed E-state index contributed by atoms with van der Waals surface area (Å²) in [5, 5.41) is 2.73. The summed E-state index contributed by atoms with van der Waals surface area (Å²) in [6, 6.07) is 2.73. The van der Waals surface area contributed by atoms with E-state index in [1.54, 1.807) is 7.11 Å². The molecule has 1 heterocycles. The van der Waals surface area contributed by atoms with Gasteiger partial charge in [-0.3, -0.25) is 9.59 Å². The molecule has 0 radical (unpaired) electrons. The Morgan fingerprint density at radius 1 is 1.60 bits per heavy atom. The van der Waals surface area contributed by atoms with Gasteiger partial charge in [0.15, 0.2) is 0 Å². The molecule has 2 N–H and O–H groups in total. The maximum Gasteiger partial charge on any atom is 0.253 e. The van der Waals surface area contributed by atoms with Gasteiger partial charge < -0.3 is 15.0 Å². The molecule has 0 spiro atoms. The van der Waals surface area contributed by atoms with E-state index in [0.29, 0.717) is 12.2 Å². The van der Waals surface area contributed by atoms with Crippen LogP contribution in [0.2, 0.25) is 0 Å². The second kappa shape index (κ2) is 5.31. The van der Waals surface area contributed by atoms with Crippen LogP contribution in [0.5, 0.6) is 0 Å². The minimum Gasteiger partial charge on any atom is -0.383 e. The Hall–Kier alpha value is -1.62. The van der Waals surface area contributed by atoms with E-state index >= 15 is 0 Å². The number of hydrogen-bond acceptors (Lipinski definition) is 3. The zero-order valence-electron chi connectivity index (χ0n) is 8.74. The van der Waals surface area contributed by atoms with Gasteiger partial charge in [-0.1, -0.05) is 0 Å². The SMILES string of the molecule is COCC(C)NC(=O)c1ccc(=O)[nH]c1. The monoisotopic (exact) mass is 210 g/mol. The molecule has 0 aliphatic rings. The fraction of sp³-hybridized carbons (Fsp3) is 0.400. The Morgan fingerprint density at radius 2 is 2.33 bits per heavy atom. The van der Waals surface area contributed by atoms with Crippen LogP contribution >= 0.6 is 0 Å². The van der Waals surface area contributed by atoms with Gasteiger partial charge in [0.1, 0.15) is 0 Å². The molecule has 82 valence electrons. The topological polar surface area (TPSA) is 71.2 Å². The second-order valence-electron chi connectivity index (χ2n) is 3.27. The van der Waals surface area contributed by atoms with Gasteiger partial charge in [-0.25, -0.2) is 0 Å². The van der Waals surface area contributed by atoms with Crippen molar-refractivity contribution in [1.29, 1.82) is 0 Å². The van der Waals surface area contributed by atoms with Crippen LogP contribution in [0.4, 0.5) is 0 Å². The zero-order chi connectivity index (χ0) is 11.3. The third kappa shape index (κ3) is 3.55. The largest absolute Gasteiger partial charge is 0.383 e. The third-order valence-corrected chi connectivity index (χ3v) is 1.84. The van der Waals surface area contributed by atoms with Crippen molar-refractivity contribution in [2.24, 2.45) is 0 Å². The van der Waals surface area contributed by atoms with E-state index in [9.17, 15) is 9.59 Å². The van der Waals surface area contributed by atoms with Crippen LogP contribution in [0.25, 0.3) is 0 Å². The van der Waals surface area contributed by atoms with Crippen molar-refractivity contribution >= 4 is 5.91 Å². The minimum absolute atomic E-state index is 0.0607. The minimum atomic E-state index is -0.226. The van der Waals surface area contributed by atoms with E-state index in [2.05, 4.69) is 10.3 Å². The highest BCUT2D eigenvalue weighted by atomic mass is 16.5. The van der Waals surface area contributed by atoms with Crippen molar-refractivity contribution in [2.75, 3.05) is 13.7 Å². The predicted octanol–water partition coefficient (Wildman–Crippen LogP) is 0.140. The Bertz CT molecular complexity index is 366. The number of amides is 1. The van der Waals surface area contributed by atoms with Crippen molar-refractivity contribution < 1.29 is 9.53 Å². The fourth-order valence-electron chi connectivity index (χ4n) is 1.15. The summed E-state index contributed by atoms with van der Waals surface area (Å²) < 4.78 is 4.89. The summed E-state index contributed by atoms with van der Waals surface area (Å²) in [6.07, 6.45) is 1.39. The normalized spacial score (nSPS) is 12.1. The summed E-state index contributed by atoms with van der Waals surface area (Å²) in [5.74, 6) is -0.226. The summed E-state index contributed by atoms with van der Waals surface area (Å²) >= 11 is 0. The highest BCUT2D eigenvalue weighted by Crippen LogP contribution is 1.94. The molecule has 1 aromatic rings. The van der Waals surface area contributed by atoms with Crippen LogP contribution < -0.4 is 10.9 Å². The highest BCUT2D eigenvalue weighted by Gasteiger charge is 2.08. The first-order valence-corrected chi connectivity index (χ1v) is 4.62. The van der Waals surface area contributed by atoms with Crippen LogP contribution in [0.3, 0.4) is 0 Å². The van der Waals surface area contributed by atoms with Gasteiger partial charge >= 0.3 is 0 Å². The fourth-order valence-corrected chi connectivity index (χ4v) is 1.15. The Labute approximate surface area is 87.5 Å². The van der Waals surface area contributed by atoms with Crippen LogP contribution in [0.1, 0.15) is 17.3 Å². The lowest BCUT2D eigenvalue weighted by atomic mass is 10.2. The molecular formula is C10H14N2O3. The predicted molar refractivity (Wildman–Crippen MR) is 55.9 cm³/mol. The Kier molecular flexibility index (Phi) is 4.05. The number of H-pyrrole nitrogens is 1. The molecule has 0 bridgehead atoms. The highest BCUT2D eigenvalue weighted by molar-refractivity contribution is 5.93. The van der Waals surface area contributed by atoms with Crippen molar-refractivity contribution in [1.82, 2.24) is 10.3 Å². The van der Waals surface area contributed by atoms with E-state index < -0.39 is 0 Å². The molecule has 1 atom stereocenters. The molecule has 0 saturated carbocycles. The molecule has 0 aromatic carbocycles. The summed E-state index contributed by atoms with van der Waals surface area (Å²) in [7, 11) is 1.57. The lowest BCUT2D eigenvalue weighted by Gasteiger charge is -2.12. The Morgan fingerprint density at radius 3 is 2.87 bits per heavy atom. The molecule has 0 aliphatic carbocycles. The number of nitrogens with one attached hydrogen (secondary N) is 2. The number of aromatic amines is 1. The van der Waals surface area contributed by atoms with Crippen molar-refractivity contribution in [3.63, 3.8) is 0 Å². The van der Waals surface area contributed by atoms with Crippen LogP contribution in [0.15, 0.2) is 23.1 Å². The van der Waals surface area contributed by atoms with Crippen LogP contribution in [0, 0.1) is 0 Å². The summed E-state index contributed by atoms with van der Waals surface area (Å²) in [6.45, 7) is 2.29. The number of aromatic nitrogens is 1. The molecular weight excluding hydrogens is 196 g/mol. The average Bonchev–Trinajstić information content (AvgIpc) is 2.18. The number of carbonyl (C=O) groups excluding carboxylic acids is 1. The lowest BCUT2D eigenvalue weighted by Crippen LogP contribution is -2.35. The van der Waals surface area contributed by atoms with Crippen LogP contribution in [-0.4, -0.2) is 30.6 Å². The summed E-state index contributed by atoms with van der Waals surface area (Å²) in [5.41, 5.74) is 0.203. The standard InChI is InChI=1S/C10H14N2O3/c1-7(6-15-2)12-10(14)8-3-4-9(13)11-5-8/h3-5,7H,6H2,1-2H3,(H,11,13)(H,12,14). The van der Waals surface area contributed by atoms with Gasteiger partial charge in [-0.05, 0) is 13.0 Å². The third-order valence-electron chi connectivity index (χ3n) is 1.84. The van der Waals surface area contributed by atoms with Gasteiger partial charge in [0, 0.05) is 25.4 Å². The number of pyridine rings is 1. The van der Waals surface area contributed by atoms with Crippen molar-refractivity contribution in [2.45, 2.75) is 13.0 Å². The molecule has 1 aromatic heterocycles. The molecule has 1 amide bonds. The van der Waals surface area contributed by atoms with E-state index in [1.165, 1.54) is 18.3 Å². The smallest absolute Gasteiger partial charge is 0.253 e. The first-order chi connectivity index (χ1) is 7.13. The van der Waals surface area contributed by atoms with Gasteiger partial charge in [0.25, 0.3) is 5.91 Å². The quantitative estimate of drug-likeness (QED) is 0.742. The van der Waals surface area contributed by atoms with Gasteiger partial charge in [0.2, 0.25) is 5.56 Å². The zero-order valence-corrected chi connectivity index (χ0v) is 8.74. The van der Waals surface area contributed by atoms with Crippen molar-refractivity contribution in [3.05, 3.63) is 34.2 Å². The van der Waals surface area contributed by atoms with Crippen molar-refractivity contribution in [3.8, 4) is 0 Å². The first kappa shape index (κ1) is 11.5. The lowest BCUT2D eigenvalue weighted by molar-refractivity contribution is 0.0905. The number of ether oxygens (including phenoxy) is 1. The maximum absolute atomic E-state index is 11.6. The van der Waals surface area contributed by atoms with E-state index in [4.69, 9.17) is 4.74 Å². The molecule has 15 heavy (non-hydrogen) atoms. The number of methoxy groups -OCH3 is 1. The molecule has 1 rings (SSSR count). The first-order valence-electron chi connectivity index (χ1n) is 4.62. The number of rotatable bonds is 4. The molecule has 1 unspecified atom stereocenters. The Balaban J connectivity index is 2.61. The van der Waals surface area contributed by atoms with Gasteiger partial charge in [-0.15, -0.1) is 0 Å². The number of carbonyl (C=O) groups is 1. The number of hydrogen-bond donors (Lipinski definition) is 2. The average molecular weight is 210 g/mol. The van der Waals surface area contributed by atoms with E-state index in [1.807, 2.05) is 6.92 Å². The van der Waals surface area contributed by atoms with Crippen LogP contribution in [-0.2, 0) is 4.74 Å².